The van der Waals surface area contributed by atoms with Gasteiger partial charge in [-0.2, -0.15) is 0 Å². The zero-order valence-corrected chi connectivity index (χ0v) is 16.5. The number of hydrogen-bond donors (Lipinski definition) is 0. The summed E-state index contributed by atoms with van der Waals surface area (Å²) in [6.07, 6.45) is -0.299. The number of methoxy groups -OCH3 is 1. The predicted molar refractivity (Wildman–Crippen MR) is 93.6 cm³/mol. The first-order valence-corrected chi connectivity index (χ1v) is 11.1. The number of carbonyl (C=O) groups excluding carboxylic acids is 1. The van der Waals surface area contributed by atoms with Crippen LogP contribution in [0.2, 0.25) is 19.6 Å². The van der Waals surface area contributed by atoms with Crippen LogP contribution in [0.25, 0.3) is 0 Å². The van der Waals surface area contributed by atoms with E-state index >= 15 is 0 Å². The zero-order valence-electron chi connectivity index (χ0n) is 15.5. The van der Waals surface area contributed by atoms with E-state index in [9.17, 15) is 4.79 Å². The summed E-state index contributed by atoms with van der Waals surface area (Å²) in [7, 11) is -0.404. The molecule has 0 radical (unpaired) electrons. The van der Waals surface area contributed by atoms with Crippen LogP contribution in [0, 0.1) is 26.2 Å². The zero-order chi connectivity index (χ0) is 17.3. The highest BCUT2D eigenvalue weighted by Crippen LogP contribution is 2.42. The summed E-state index contributed by atoms with van der Waals surface area (Å²) in [5.41, 5.74) is 3.93. The SMILES string of the molecule is COC(=O)C(C)(C)C(O[Si](C)(C)C)c1c(C)cc(C)cc1C. The Kier molecular flexibility index (Phi) is 5.63. The minimum atomic E-state index is -1.84. The van der Waals surface area contributed by atoms with Gasteiger partial charge in [-0.1, -0.05) is 17.7 Å². The maximum absolute atomic E-state index is 12.3. The van der Waals surface area contributed by atoms with Crippen LogP contribution < -0.4 is 0 Å². The third-order valence-electron chi connectivity index (χ3n) is 3.84. The van der Waals surface area contributed by atoms with Crippen molar-refractivity contribution in [2.45, 2.75) is 60.4 Å². The van der Waals surface area contributed by atoms with Gasteiger partial charge in [-0.05, 0) is 71.0 Å². The second kappa shape index (κ2) is 6.55. The lowest BCUT2D eigenvalue weighted by atomic mass is 9.79. The second-order valence-electron chi connectivity index (χ2n) is 7.64. The van der Waals surface area contributed by atoms with Crippen molar-refractivity contribution in [2.24, 2.45) is 5.41 Å². The summed E-state index contributed by atoms with van der Waals surface area (Å²) in [6, 6.07) is 4.30. The van der Waals surface area contributed by atoms with Crippen LogP contribution in [-0.4, -0.2) is 21.4 Å². The Hall–Kier alpha value is -1.13. The van der Waals surface area contributed by atoms with Gasteiger partial charge >= 0.3 is 5.97 Å². The van der Waals surface area contributed by atoms with Gasteiger partial charge in [0.25, 0.3) is 0 Å². The van der Waals surface area contributed by atoms with Gasteiger partial charge < -0.3 is 9.16 Å². The van der Waals surface area contributed by atoms with Crippen LogP contribution >= 0.6 is 0 Å². The van der Waals surface area contributed by atoms with E-state index in [-0.39, 0.29) is 12.1 Å². The van der Waals surface area contributed by atoms with Gasteiger partial charge in [-0.25, -0.2) is 0 Å². The van der Waals surface area contributed by atoms with Crippen molar-refractivity contribution in [3.63, 3.8) is 0 Å². The number of esters is 1. The Morgan fingerprint density at radius 1 is 1.09 bits per heavy atom. The van der Waals surface area contributed by atoms with Gasteiger partial charge in [0.15, 0.2) is 8.32 Å². The van der Waals surface area contributed by atoms with Crippen molar-refractivity contribution >= 4 is 14.3 Å². The molecule has 1 aromatic rings. The molecule has 1 atom stereocenters. The average molecular weight is 323 g/mol. The normalized spacial score (nSPS) is 13.9. The molecule has 0 spiro atoms. The summed E-state index contributed by atoms with van der Waals surface area (Å²) in [4.78, 5) is 12.3. The molecule has 0 aliphatic heterocycles. The van der Waals surface area contributed by atoms with E-state index in [0.29, 0.717) is 0 Å². The van der Waals surface area contributed by atoms with Gasteiger partial charge in [0, 0.05) is 0 Å². The Morgan fingerprint density at radius 2 is 1.55 bits per heavy atom. The van der Waals surface area contributed by atoms with E-state index in [1.165, 1.54) is 12.7 Å². The first-order valence-electron chi connectivity index (χ1n) is 7.74. The molecule has 0 N–H and O–H groups in total. The van der Waals surface area contributed by atoms with Crippen molar-refractivity contribution < 1.29 is 14.0 Å². The third kappa shape index (κ3) is 4.20. The smallest absolute Gasteiger partial charge is 0.314 e. The molecule has 0 saturated carbocycles. The number of carbonyl (C=O) groups is 1. The first-order chi connectivity index (χ1) is 9.90. The van der Waals surface area contributed by atoms with Gasteiger partial charge in [-0.3, -0.25) is 4.79 Å². The molecule has 0 bridgehead atoms. The molecule has 3 nitrogen and oxygen atoms in total. The Bertz CT molecular complexity index is 533. The fourth-order valence-electron chi connectivity index (χ4n) is 2.90. The third-order valence-corrected chi connectivity index (χ3v) is 4.78. The molecular weight excluding hydrogens is 292 g/mol. The van der Waals surface area contributed by atoms with E-state index in [1.54, 1.807) is 0 Å². The number of rotatable bonds is 5. The molecule has 4 heteroatoms. The number of hydrogen-bond acceptors (Lipinski definition) is 3. The molecule has 0 fully saturated rings. The van der Waals surface area contributed by atoms with Gasteiger partial charge in [0.2, 0.25) is 0 Å². The van der Waals surface area contributed by atoms with E-state index < -0.39 is 13.7 Å². The Labute approximate surface area is 136 Å². The lowest BCUT2D eigenvalue weighted by Gasteiger charge is -2.38. The van der Waals surface area contributed by atoms with Crippen LogP contribution in [0.3, 0.4) is 0 Å². The van der Waals surface area contributed by atoms with E-state index in [1.807, 2.05) is 13.8 Å². The molecule has 1 unspecified atom stereocenters. The van der Waals surface area contributed by atoms with Crippen molar-refractivity contribution in [3.05, 3.63) is 34.4 Å². The molecule has 0 aliphatic rings. The fraction of sp³-hybridized carbons (Fsp3) is 0.611. The van der Waals surface area contributed by atoms with Crippen molar-refractivity contribution in [2.75, 3.05) is 7.11 Å². The summed E-state index contributed by atoms with van der Waals surface area (Å²) >= 11 is 0. The van der Waals surface area contributed by atoms with E-state index in [0.717, 1.165) is 16.7 Å². The summed E-state index contributed by atoms with van der Waals surface area (Å²) in [5.74, 6) is -0.241. The van der Waals surface area contributed by atoms with Crippen molar-refractivity contribution in [1.29, 1.82) is 0 Å². The van der Waals surface area contributed by atoms with E-state index in [2.05, 4.69) is 52.5 Å². The molecule has 0 aromatic heterocycles. The van der Waals surface area contributed by atoms with Crippen molar-refractivity contribution in [3.8, 4) is 0 Å². The maximum atomic E-state index is 12.3. The molecule has 0 saturated heterocycles. The molecular formula is C18H30O3Si. The van der Waals surface area contributed by atoms with Crippen LogP contribution in [0.5, 0.6) is 0 Å². The Balaban J connectivity index is 3.49. The molecule has 1 aromatic carbocycles. The van der Waals surface area contributed by atoms with Crippen molar-refractivity contribution in [1.82, 2.24) is 0 Å². The standard InChI is InChI=1S/C18H30O3Si/c1-12-10-13(2)15(14(3)11-12)16(21-22(7,8)9)18(4,5)17(19)20-6/h10-11,16H,1-9H3. The molecule has 0 aliphatic carbocycles. The lowest BCUT2D eigenvalue weighted by Crippen LogP contribution is -2.40. The minimum absolute atomic E-state index is 0.241. The topological polar surface area (TPSA) is 35.5 Å². The highest BCUT2D eigenvalue weighted by molar-refractivity contribution is 6.69. The maximum Gasteiger partial charge on any atom is 0.314 e. The van der Waals surface area contributed by atoms with Crippen LogP contribution in [-0.2, 0) is 14.0 Å². The summed E-state index contributed by atoms with van der Waals surface area (Å²) in [5, 5.41) is 0. The average Bonchev–Trinajstić information content (AvgIpc) is 2.33. The first kappa shape index (κ1) is 18.9. The predicted octanol–water partition coefficient (Wildman–Crippen LogP) is 4.70. The number of ether oxygens (including phenoxy) is 1. The Morgan fingerprint density at radius 3 is 1.91 bits per heavy atom. The highest BCUT2D eigenvalue weighted by Gasteiger charge is 2.43. The fourth-order valence-corrected chi connectivity index (χ4v) is 4.02. The van der Waals surface area contributed by atoms with Gasteiger partial charge in [-0.15, -0.1) is 0 Å². The lowest BCUT2D eigenvalue weighted by molar-refractivity contribution is -0.156. The monoisotopic (exact) mass is 322 g/mol. The quantitative estimate of drug-likeness (QED) is 0.582. The molecule has 0 heterocycles. The molecule has 1 rings (SSSR count). The van der Waals surface area contributed by atoms with Gasteiger partial charge in [0.1, 0.15) is 0 Å². The number of aryl methyl sites for hydroxylation is 3. The molecule has 22 heavy (non-hydrogen) atoms. The van der Waals surface area contributed by atoms with Gasteiger partial charge in [0.05, 0.1) is 18.6 Å². The largest absolute Gasteiger partial charge is 0.469 e. The highest BCUT2D eigenvalue weighted by atomic mass is 28.4. The molecule has 124 valence electrons. The summed E-state index contributed by atoms with van der Waals surface area (Å²) < 4.78 is 11.5. The minimum Gasteiger partial charge on any atom is -0.469 e. The van der Waals surface area contributed by atoms with Crippen LogP contribution in [0.1, 0.15) is 42.2 Å². The summed E-state index contributed by atoms with van der Waals surface area (Å²) in [6.45, 7) is 16.5. The molecule has 0 amide bonds. The van der Waals surface area contributed by atoms with E-state index in [4.69, 9.17) is 9.16 Å². The van der Waals surface area contributed by atoms with Crippen LogP contribution in [0.15, 0.2) is 12.1 Å². The van der Waals surface area contributed by atoms with Crippen LogP contribution in [0.4, 0.5) is 0 Å². The second-order valence-corrected chi connectivity index (χ2v) is 12.1. The number of benzene rings is 1.